The fourth-order valence-corrected chi connectivity index (χ4v) is 3.56. The molecule has 0 fully saturated rings. The van der Waals surface area contributed by atoms with Crippen molar-refractivity contribution < 1.29 is 23.9 Å². The number of amides is 1. The quantitative estimate of drug-likeness (QED) is 0.337. The maximum absolute atomic E-state index is 13.7. The molecule has 0 aliphatic rings. The number of benzene rings is 3. The molecule has 0 radical (unpaired) electrons. The summed E-state index contributed by atoms with van der Waals surface area (Å²) in [5.41, 5.74) is 2.28. The Balaban J connectivity index is 2.06. The molecule has 3 rings (SSSR count). The minimum atomic E-state index is -1.33. The van der Waals surface area contributed by atoms with Crippen molar-refractivity contribution in [1.29, 1.82) is 0 Å². The lowest BCUT2D eigenvalue weighted by Gasteiger charge is -2.29. The van der Waals surface area contributed by atoms with Crippen molar-refractivity contribution in [2.24, 2.45) is 0 Å². The van der Waals surface area contributed by atoms with E-state index < -0.39 is 35.6 Å². The number of aryl methyl sites for hydroxylation is 2. The maximum atomic E-state index is 13.7. The molecule has 0 saturated carbocycles. The van der Waals surface area contributed by atoms with Gasteiger partial charge in [0, 0.05) is 5.56 Å². The number of carbonyl (C=O) groups is 3. The van der Waals surface area contributed by atoms with Crippen molar-refractivity contribution in [2.75, 3.05) is 0 Å². The summed E-state index contributed by atoms with van der Waals surface area (Å²) in [4.78, 5) is 39.7. The van der Waals surface area contributed by atoms with Gasteiger partial charge in [0.05, 0.1) is 5.56 Å². The molecule has 2 unspecified atom stereocenters. The molecule has 0 aromatic heterocycles. The molecule has 1 N–H and O–H groups in total. The Hall–Kier alpha value is -3.93. The van der Waals surface area contributed by atoms with E-state index in [2.05, 4.69) is 5.32 Å². The van der Waals surface area contributed by atoms with Crippen molar-refractivity contribution in [3.63, 3.8) is 0 Å². The molecule has 3 aromatic carbocycles. The molecule has 35 heavy (non-hydrogen) atoms. The van der Waals surface area contributed by atoms with E-state index in [0.29, 0.717) is 16.7 Å². The van der Waals surface area contributed by atoms with Crippen molar-refractivity contribution >= 4 is 17.8 Å². The lowest BCUT2D eigenvalue weighted by atomic mass is 9.94. The molecule has 0 spiro atoms. The zero-order valence-corrected chi connectivity index (χ0v) is 20.7. The Bertz CT molecular complexity index is 1180. The molecular weight excluding hydrogens is 442 g/mol. The van der Waals surface area contributed by atoms with E-state index in [1.165, 1.54) is 0 Å². The van der Waals surface area contributed by atoms with Crippen LogP contribution < -0.4 is 5.32 Å². The highest BCUT2D eigenvalue weighted by atomic mass is 16.6. The summed E-state index contributed by atoms with van der Waals surface area (Å²) in [6.45, 7) is 8.97. The van der Waals surface area contributed by atoms with E-state index in [9.17, 15) is 14.4 Å². The van der Waals surface area contributed by atoms with Gasteiger partial charge in [-0.05, 0) is 51.8 Å². The van der Waals surface area contributed by atoms with Gasteiger partial charge in [0.25, 0.3) is 0 Å². The van der Waals surface area contributed by atoms with Gasteiger partial charge in [-0.15, -0.1) is 0 Å². The van der Waals surface area contributed by atoms with Crippen LogP contribution in [0, 0.1) is 13.8 Å². The molecule has 3 aromatic rings. The monoisotopic (exact) mass is 473 g/mol. The highest BCUT2D eigenvalue weighted by Gasteiger charge is 2.36. The first-order valence-corrected chi connectivity index (χ1v) is 11.5. The van der Waals surface area contributed by atoms with E-state index in [1.54, 1.807) is 88.4 Å². The zero-order chi connectivity index (χ0) is 25.6. The molecule has 0 heterocycles. The van der Waals surface area contributed by atoms with Gasteiger partial charge in [-0.1, -0.05) is 78.4 Å². The predicted octanol–water partition coefficient (Wildman–Crippen LogP) is 5.98. The second-order valence-corrected chi connectivity index (χ2v) is 9.41. The van der Waals surface area contributed by atoms with Gasteiger partial charge in [0.2, 0.25) is 5.78 Å². The van der Waals surface area contributed by atoms with Crippen LogP contribution in [0.5, 0.6) is 0 Å². The molecule has 0 aliphatic carbocycles. The van der Waals surface area contributed by atoms with Crippen LogP contribution in [-0.2, 0) is 9.47 Å². The first-order chi connectivity index (χ1) is 16.5. The maximum Gasteiger partial charge on any atom is 0.408 e. The predicted molar refractivity (Wildman–Crippen MR) is 134 cm³/mol. The number of rotatable bonds is 7. The van der Waals surface area contributed by atoms with Gasteiger partial charge < -0.3 is 14.8 Å². The van der Waals surface area contributed by atoms with Gasteiger partial charge in [0.1, 0.15) is 11.6 Å². The van der Waals surface area contributed by atoms with Crippen LogP contribution in [0.2, 0.25) is 0 Å². The molecule has 1 amide bonds. The van der Waals surface area contributed by atoms with E-state index >= 15 is 0 Å². The van der Waals surface area contributed by atoms with E-state index in [1.807, 2.05) is 25.1 Å². The van der Waals surface area contributed by atoms with Gasteiger partial charge in [0.15, 0.2) is 6.10 Å². The molecule has 0 saturated heterocycles. The van der Waals surface area contributed by atoms with Gasteiger partial charge in [-0.2, -0.15) is 0 Å². The summed E-state index contributed by atoms with van der Waals surface area (Å²) in [7, 11) is 0. The number of ketones is 1. The van der Waals surface area contributed by atoms with Crippen LogP contribution in [0.4, 0.5) is 4.79 Å². The first-order valence-electron chi connectivity index (χ1n) is 11.5. The molecule has 0 bridgehead atoms. The van der Waals surface area contributed by atoms with Crippen LogP contribution in [0.3, 0.4) is 0 Å². The minimum absolute atomic E-state index is 0.346. The highest BCUT2D eigenvalue weighted by Crippen LogP contribution is 2.26. The van der Waals surface area contributed by atoms with Crippen molar-refractivity contribution in [3.05, 3.63) is 107 Å². The fraction of sp³-hybridized carbons (Fsp3) is 0.276. The van der Waals surface area contributed by atoms with Crippen LogP contribution in [0.1, 0.15) is 64.2 Å². The normalized spacial score (nSPS) is 12.8. The fourth-order valence-electron chi connectivity index (χ4n) is 3.56. The van der Waals surface area contributed by atoms with Crippen LogP contribution in [-0.4, -0.2) is 29.6 Å². The Morgan fingerprint density at radius 2 is 1.40 bits per heavy atom. The number of ether oxygens (including phenoxy) is 2. The smallest absolute Gasteiger partial charge is 0.408 e. The number of nitrogens with one attached hydrogen (secondary N) is 1. The summed E-state index contributed by atoms with van der Waals surface area (Å²) in [5.74, 6) is -1.09. The third kappa shape index (κ3) is 7.03. The van der Waals surface area contributed by atoms with Gasteiger partial charge in [-0.3, -0.25) is 4.79 Å². The zero-order valence-electron chi connectivity index (χ0n) is 20.7. The number of Topliss-reactive ketones (excluding diaryl/α,β-unsaturated/α-hetero) is 1. The Morgan fingerprint density at radius 3 is 2.00 bits per heavy atom. The van der Waals surface area contributed by atoms with Crippen molar-refractivity contribution in [1.82, 2.24) is 5.32 Å². The van der Waals surface area contributed by atoms with Crippen LogP contribution in [0.15, 0.2) is 78.9 Å². The number of hydrogen-bond donors (Lipinski definition) is 1. The van der Waals surface area contributed by atoms with E-state index in [0.717, 1.165) is 11.1 Å². The summed E-state index contributed by atoms with van der Waals surface area (Å²) < 4.78 is 11.3. The molecule has 182 valence electrons. The second-order valence-electron chi connectivity index (χ2n) is 9.41. The highest BCUT2D eigenvalue weighted by molar-refractivity contribution is 6.02. The molecule has 6 heteroatoms. The summed E-state index contributed by atoms with van der Waals surface area (Å²) >= 11 is 0. The van der Waals surface area contributed by atoms with Crippen molar-refractivity contribution in [2.45, 2.75) is 52.4 Å². The second kappa shape index (κ2) is 11.0. The van der Waals surface area contributed by atoms with E-state index in [-0.39, 0.29) is 0 Å². The number of hydrogen-bond acceptors (Lipinski definition) is 5. The lowest BCUT2D eigenvalue weighted by molar-refractivity contribution is 0.0149. The molecular formula is C29H31NO5. The van der Waals surface area contributed by atoms with Crippen molar-refractivity contribution in [3.8, 4) is 0 Å². The van der Waals surface area contributed by atoms with Gasteiger partial charge >= 0.3 is 12.1 Å². The van der Waals surface area contributed by atoms with Crippen LogP contribution >= 0.6 is 0 Å². The van der Waals surface area contributed by atoms with E-state index in [4.69, 9.17) is 9.47 Å². The number of alkyl carbamates (subject to hydrolysis) is 1. The first kappa shape index (κ1) is 25.7. The average Bonchev–Trinajstić information content (AvgIpc) is 2.81. The molecule has 6 nitrogen and oxygen atoms in total. The molecule has 2 atom stereocenters. The Labute approximate surface area is 206 Å². The SMILES string of the molecule is Cc1ccc(C(NC(=O)OC(C)(C)C)C(OC(=O)c2ccccc2C)C(=O)c2ccccc2)cc1. The third-order valence-corrected chi connectivity index (χ3v) is 5.33. The summed E-state index contributed by atoms with van der Waals surface area (Å²) in [6.07, 6.45) is -2.05. The summed E-state index contributed by atoms with van der Waals surface area (Å²) in [5, 5.41) is 2.77. The number of esters is 1. The largest absolute Gasteiger partial charge is 0.448 e. The molecule has 0 aliphatic heterocycles. The minimum Gasteiger partial charge on any atom is -0.448 e. The Kier molecular flexibility index (Phi) is 8.07. The third-order valence-electron chi connectivity index (χ3n) is 5.33. The lowest BCUT2D eigenvalue weighted by Crippen LogP contribution is -2.44. The average molecular weight is 474 g/mol. The topological polar surface area (TPSA) is 81.7 Å². The standard InChI is InChI=1S/C29H31NO5/c1-19-15-17-21(18-16-19)24(30-28(33)35-29(3,4)5)26(25(31)22-12-7-6-8-13-22)34-27(32)23-14-10-9-11-20(23)2/h6-18,24,26H,1-5H3,(H,30,33). The number of carbonyl (C=O) groups excluding carboxylic acids is 3. The Morgan fingerprint density at radius 1 is 0.800 bits per heavy atom. The van der Waals surface area contributed by atoms with Gasteiger partial charge in [-0.25, -0.2) is 9.59 Å². The summed E-state index contributed by atoms with van der Waals surface area (Å²) in [6, 6.07) is 21.9. The van der Waals surface area contributed by atoms with Crippen LogP contribution in [0.25, 0.3) is 0 Å².